The molecule has 0 unspecified atom stereocenters. The van der Waals surface area contributed by atoms with Gasteiger partial charge in [0.15, 0.2) is 17.5 Å². The van der Waals surface area contributed by atoms with E-state index in [2.05, 4.69) is 38.5 Å². The number of thiophene rings is 1. The molecule has 140 valence electrons. The van der Waals surface area contributed by atoms with E-state index >= 15 is 0 Å². The van der Waals surface area contributed by atoms with Gasteiger partial charge >= 0.3 is 0 Å². The molecule has 3 rings (SSSR count). The van der Waals surface area contributed by atoms with E-state index in [1.165, 1.54) is 18.4 Å². The van der Waals surface area contributed by atoms with Crippen LogP contribution in [-0.4, -0.2) is 26.2 Å². The van der Waals surface area contributed by atoms with Gasteiger partial charge in [0.05, 0.1) is 13.2 Å². The predicted molar refractivity (Wildman–Crippen MR) is 107 cm³/mol. The molecule has 1 aliphatic carbocycles. The molecule has 1 saturated carbocycles. The summed E-state index contributed by atoms with van der Waals surface area (Å²) in [6.45, 7) is 1.43. The van der Waals surface area contributed by atoms with Crippen LogP contribution in [0.4, 0.5) is 0 Å². The van der Waals surface area contributed by atoms with Crippen LogP contribution in [0, 0.1) is 0 Å². The zero-order chi connectivity index (χ0) is 18.2. The molecule has 1 fully saturated rings. The molecule has 5 nitrogen and oxygen atoms in total. The van der Waals surface area contributed by atoms with Crippen molar-refractivity contribution in [3.63, 3.8) is 0 Å². The Hall–Kier alpha value is -2.21. The summed E-state index contributed by atoms with van der Waals surface area (Å²) >= 11 is 1.70. The van der Waals surface area contributed by atoms with E-state index in [4.69, 9.17) is 9.47 Å². The zero-order valence-electron chi connectivity index (χ0n) is 15.5. The van der Waals surface area contributed by atoms with Gasteiger partial charge in [-0.25, -0.2) is 0 Å². The number of rotatable bonds is 7. The van der Waals surface area contributed by atoms with Gasteiger partial charge in [-0.2, -0.15) is 11.3 Å². The van der Waals surface area contributed by atoms with Gasteiger partial charge in [-0.3, -0.25) is 4.99 Å². The Bertz CT molecular complexity index is 710. The summed E-state index contributed by atoms with van der Waals surface area (Å²) in [5.74, 6) is 2.40. The third-order valence-electron chi connectivity index (χ3n) is 4.55. The largest absolute Gasteiger partial charge is 0.493 e. The summed E-state index contributed by atoms with van der Waals surface area (Å²) < 4.78 is 11.6. The van der Waals surface area contributed by atoms with E-state index in [0.717, 1.165) is 42.4 Å². The van der Waals surface area contributed by atoms with Crippen molar-refractivity contribution < 1.29 is 9.47 Å². The number of hydrogen-bond acceptors (Lipinski definition) is 4. The molecule has 0 atom stereocenters. The first-order valence-electron chi connectivity index (χ1n) is 9.07. The van der Waals surface area contributed by atoms with Crippen molar-refractivity contribution >= 4 is 17.3 Å². The second-order valence-corrected chi connectivity index (χ2v) is 7.20. The average Bonchev–Trinajstić information content (AvgIpc) is 3.36. The van der Waals surface area contributed by atoms with Crippen LogP contribution in [-0.2, 0) is 13.1 Å². The molecule has 0 amide bonds. The zero-order valence-corrected chi connectivity index (χ0v) is 16.3. The minimum Gasteiger partial charge on any atom is -0.493 e. The normalized spacial score (nSPS) is 15.1. The molecule has 1 aliphatic rings. The van der Waals surface area contributed by atoms with Crippen LogP contribution in [0.3, 0.4) is 0 Å². The van der Waals surface area contributed by atoms with E-state index < -0.39 is 0 Å². The lowest BCUT2D eigenvalue weighted by atomic mass is 10.2. The number of guanidine groups is 1. The number of benzene rings is 1. The first kappa shape index (κ1) is 18.6. The van der Waals surface area contributed by atoms with Crippen molar-refractivity contribution in [2.45, 2.75) is 44.9 Å². The Morgan fingerprint density at radius 2 is 1.88 bits per heavy atom. The average molecular weight is 374 g/mol. The van der Waals surface area contributed by atoms with Crippen LogP contribution in [0.1, 0.15) is 36.8 Å². The van der Waals surface area contributed by atoms with Crippen molar-refractivity contribution in [3.05, 3.63) is 46.2 Å². The lowest BCUT2D eigenvalue weighted by Crippen LogP contribution is -2.36. The Balaban J connectivity index is 1.54. The number of hydrogen-bond donors (Lipinski definition) is 2. The SMILES string of the molecule is CN=C(NCc1ccsc1)NCc1ccc(OC2CCCC2)c(OC)c1. The summed E-state index contributed by atoms with van der Waals surface area (Å²) in [6.07, 6.45) is 5.11. The molecule has 26 heavy (non-hydrogen) atoms. The van der Waals surface area contributed by atoms with Crippen LogP contribution in [0.15, 0.2) is 40.0 Å². The molecular weight excluding hydrogens is 346 g/mol. The fraction of sp³-hybridized carbons (Fsp3) is 0.450. The third-order valence-corrected chi connectivity index (χ3v) is 5.28. The molecule has 0 bridgehead atoms. The molecule has 0 radical (unpaired) electrons. The highest BCUT2D eigenvalue weighted by atomic mass is 32.1. The number of methoxy groups -OCH3 is 1. The molecule has 1 heterocycles. The van der Waals surface area contributed by atoms with E-state index in [9.17, 15) is 0 Å². The Kier molecular flexibility index (Phi) is 6.77. The lowest BCUT2D eigenvalue weighted by molar-refractivity contribution is 0.200. The highest BCUT2D eigenvalue weighted by molar-refractivity contribution is 7.07. The summed E-state index contributed by atoms with van der Waals surface area (Å²) in [5.41, 5.74) is 2.38. The second kappa shape index (κ2) is 9.48. The van der Waals surface area contributed by atoms with Crippen molar-refractivity contribution in [3.8, 4) is 11.5 Å². The fourth-order valence-electron chi connectivity index (χ4n) is 3.09. The van der Waals surface area contributed by atoms with Crippen LogP contribution < -0.4 is 20.1 Å². The third kappa shape index (κ3) is 5.14. The van der Waals surface area contributed by atoms with Gasteiger partial charge < -0.3 is 20.1 Å². The highest BCUT2D eigenvalue weighted by Crippen LogP contribution is 2.32. The van der Waals surface area contributed by atoms with Crippen molar-refractivity contribution in [2.75, 3.05) is 14.2 Å². The fourth-order valence-corrected chi connectivity index (χ4v) is 3.76. The Morgan fingerprint density at radius 3 is 2.54 bits per heavy atom. The lowest BCUT2D eigenvalue weighted by Gasteiger charge is -2.17. The Morgan fingerprint density at radius 1 is 1.12 bits per heavy atom. The second-order valence-electron chi connectivity index (χ2n) is 6.42. The minimum absolute atomic E-state index is 0.327. The predicted octanol–water partition coefficient (Wildman–Crippen LogP) is 3.94. The van der Waals surface area contributed by atoms with Crippen LogP contribution in [0.25, 0.3) is 0 Å². The maximum Gasteiger partial charge on any atom is 0.191 e. The summed E-state index contributed by atoms with van der Waals surface area (Å²) in [5, 5.41) is 10.9. The monoisotopic (exact) mass is 373 g/mol. The van der Waals surface area contributed by atoms with Gasteiger partial charge in [-0.05, 0) is 65.8 Å². The van der Waals surface area contributed by atoms with E-state index in [0.29, 0.717) is 12.6 Å². The topological polar surface area (TPSA) is 54.9 Å². The maximum atomic E-state index is 6.10. The summed E-state index contributed by atoms with van der Waals surface area (Å²) in [7, 11) is 3.47. The number of ether oxygens (including phenoxy) is 2. The molecular formula is C20H27N3O2S. The number of aliphatic imine (C=N–C) groups is 1. The first-order valence-corrected chi connectivity index (χ1v) is 10.0. The molecule has 6 heteroatoms. The van der Waals surface area contributed by atoms with E-state index in [-0.39, 0.29) is 0 Å². The van der Waals surface area contributed by atoms with Gasteiger partial charge in [0.25, 0.3) is 0 Å². The summed E-state index contributed by atoms with van der Waals surface area (Å²) in [4.78, 5) is 4.27. The van der Waals surface area contributed by atoms with Crippen molar-refractivity contribution in [2.24, 2.45) is 4.99 Å². The quantitative estimate of drug-likeness (QED) is 0.570. The first-order chi connectivity index (χ1) is 12.8. The molecule has 2 aromatic rings. The molecule has 2 N–H and O–H groups in total. The molecule has 1 aromatic carbocycles. The Labute approximate surface area is 159 Å². The van der Waals surface area contributed by atoms with Crippen molar-refractivity contribution in [1.82, 2.24) is 10.6 Å². The van der Waals surface area contributed by atoms with Crippen LogP contribution >= 0.6 is 11.3 Å². The van der Waals surface area contributed by atoms with Gasteiger partial charge in [-0.1, -0.05) is 6.07 Å². The van der Waals surface area contributed by atoms with E-state index in [1.54, 1.807) is 25.5 Å². The van der Waals surface area contributed by atoms with Gasteiger partial charge in [0.2, 0.25) is 0 Å². The van der Waals surface area contributed by atoms with Crippen LogP contribution in [0.5, 0.6) is 11.5 Å². The van der Waals surface area contributed by atoms with Crippen molar-refractivity contribution in [1.29, 1.82) is 0 Å². The maximum absolute atomic E-state index is 6.10. The number of nitrogens with zero attached hydrogens (tertiary/aromatic N) is 1. The molecule has 1 aromatic heterocycles. The van der Waals surface area contributed by atoms with Gasteiger partial charge in [0, 0.05) is 20.1 Å². The van der Waals surface area contributed by atoms with E-state index in [1.807, 2.05) is 12.1 Å². The smallest absolute Gasteiger partial charge is 0.191 e. The van der Waals surface area contributed by atoms with Gasteiger partial charge in [-0.15, -0.1) is 0 Å². The van der Waals surface area contributed by atoms with Crippen LogP contribution in [0.2, 0.25) is 0 Å². The minimum atomic E-state index is 0.327. The molecule has 0 saturated heterocycles. The molecule has 0 spiro atoms. The van der Waals surface area contributed by atoms with Gasteiger partial charge in [0.1, 0.15) is 0 Å². The molecule has 0 aliphatic heterocycles. The number of nitrogens with one attached hydrogen (secondary N) is 2. The summed E-state index contributed by atoms with van der Waals surface area (Å²) in [6, 6.07) is 8.23. The standard InChI is InChI=1S/C20H27N3O2S/c1-21-20(23-13-16-9-10-26-14-16)22-12-15-7-8-18(19(11-15)24-2)25-17-5-3-4-6-17/h7-11,14,17H,3-6,12-13H2,1-2H3,(H2,21,22,23). The highest BCUT2D eigenvalue weighted by Gasteiger charge is 2.18.